The highest BCUT2D eigenvalue weighted by molar-refractivity contribution is 5.86. The van der Waals surface area contributed by atoms with Gasteiger partial charge in [0.2, 0.25) is 0 Å². The van der Waals surface area contributed by atoms with E-state index < -0.39 is 0 Å². The highest BCUT2D eigenvalue weighted by atomic mass is 14.7. The maximum Gasteiger partial charge on any atom is 0.0713 e. The molecule has 0 aliphatic carbocycles. The Hall–Kier alpha value is -1.88. The first kappa shape index (κ1) is 13.5. The molecule has 0 aliphatic rings. The molecule has 2 heteroatoms. The Bertz CT molecular complexity index is 670. The molecule has 1 aromatic carbocycles. The number of nitrogens with zero attached hydrogens (tertiary/aromatic N) is 2. The fraction of sp³-hybridized carbons (Fsp3) is 0.412. The van der Waals surface area contributed by atoms with Gasteiger partial charge in [-0.2, -0.15) is 5.26 Å². The first-order valence-corrected chi connectivity index (χ1v) is 6.61. The number of benzene rings is 1. The molecule has 2 aromatic rings. The Balaban J connectivity index is 2.84. The van der Waals surface area contributed by atoms with Crippen LogP contribution in [-0.4, -0.2) is 4.98 Å². The number of fused-ring (bicyclic) bond motifs is 1. The summed E-state index contributed by atoms with van der Waals surface area (Å²) in [6, 6.07) is 8.62. The number of aromatic nitrogens is 1. The smallest absolute Gasteiger partial charge is 0.0713 e. The maximum absolute atomic E-state index is 9.05. The number of nitriles is 1. The third-order valence-corrected chi connectivity index (χ3v) is 3.37. The lowest BCUT2D eigenvalue weighted by Gasteiger charge is -2.20. The van der Waals surface area contributed by atoms with Crippen LogP contribution in [0.3, 0.4) is 0 Å². The normalized spacial score (nSPS) is 11.6. The summed E-state index contributed by atoms with van der Waals surface area (Å²) < 4.78 is 0. The molecule has 1 aromatic heterocycles. The van der Waals surface area contributed by atoms with Gasteiger partial charge in [-0.15, -0.1) is 0 Å². The van der Waals surface area contributed by atoms with E-state index in [9.17, 15) is 0 Å². The third-order valence-electron chi connectivity index (χ3n) is 3.37. The second-order valence-electron chi connectivity index (χ2n) is 6.23. The van der Waals surface area contributed by atoms with Gasteiger partial charge in [0.1, 0.15) is 0 Å². The molecular formula is C17H20N2. The van der Waals surface area contributed by atoms with Gasteiger partial charge in [0.15, 0.2) is 0 Å². The highest BCUT2D eigenvalue weighted by Gasteiger charge is 2.18. The SMILES string of the molecule is Cc1cc(C)c2c(CC#N)cc(C(C)(C)C)nc2c1. The van der Waals surface area contributed by atoms with Crippen molar-refractivity contribution in [3.63, 3.8) is 0 Å². The lowest BCUT2D eigenvalue weighted by Crippen LogP contribution is -2.14. The van der Waals surface area contributed by atoms with Gasteiger partial charge in [-0.05, 0) is 42.7 Å². The van der Waals surface area contributed by atoms with E-state index in [2.05, 4.69) is 58.9 Å². The van der Waals surface area contributed by atoms with Crippen LogP contribution in [0.15, 0.2) is 18.2 Å². The van der Waals surface area contributed by atoms with E-state index in [0.717, 1.165) is 22.2 Å². The van der Waals surface area contributed by atoms with Crippen molar-refractivity contribution in [1.82, 2.24) is 4.98 Å². The molecule has 0 spiro atoms. The van der Waals surface area contributed by atoms with Gasteiger partial charge in [-0.1, -0.05) is 26.8 Å². The lowest BCUT2D eigenvalue weighted by atomic mass is 9.88. The second kappa shape index (κ2) is 4.66. The van der Waals surface area contributed by atoms with Crippen LogP contribution in [0.1, 0.15) is 43.2 Å². The molecule has 2 nitrogen and oxygen atoms in total. The van der Waals surface area contributed by atoms with Crippen molar-refractivity contribution in [1.29, 1.82) is 5.26 Å². The first-order valence-electron chi connectivity index (χ1n) is 6.61. The van der Waals surface area contributed by atoms with E-state index in [1.807, 2.05) is 0 Å². The van der Waals surface area contributed by atoms with Crippen molar-refractivity contribution in [3.8, 4) is 6.07 Å². The summed E-state index contributed by atoms with van der Waals surface area (Å²) in [6.07, 6.45) is 0.437. The number of aryl methyl sites for hydroxylation is 2. The molecular weight excluding hydrogens is 232 g/mol. The molecule has 0 atom stereocenters. The molecule has 0 amide bonds. The molecule has 0 saturated heterocycles. The zero-order valence-electron chi connectivity index (χ0n) is 12.3. The van der Waals surface area contributed by atoms with E-state index in [0.29, 0.717) is 6.42 Å². The minimum absolute atomic E-state index is 0.00392. The lowest BCUT2D eigenvalue weighted by molar-refractivity contribution is 0.571. The Morgan fingerprint density at radius 3 is 2.42 bits per heavy atom. The van der Waals surface area contributed by atoms with Crippen LogP contribution in [-0.2, 0) is 11.8 Å². The number of hydrogen-bond acceptors (Lipinski definition) is 2. The van der Waals surface area contributed by atoms with E-state index in [4.69, 9.17) is 10.2 Å². The monoisotopic (exact) mass is 252 g/mol. The highest BCUT2D eigenvalue weighted by Crippen LogP contribution is 2.29. The first-order chi connectivity index (χ1) is 8.82. The van der Waals surface area contributed by atoms with Crippen molar-refractivity contribution in [2.75, 3.05) is 0 Å². The van der Waals surface area contributed by atoms with Crippen molar-refractivity contribution in [2.24, 2.45) is 0 Å². The number of hydrogen-bond donors (Lipinski definition) is 0. The Kier molecular flexibility index (Phi) is 3.32. The average Bonchev–Trinajstić information content (AvgIpc) is 2.26. The van der Waals surface area contributed by atoms with E-state index in [1.165, 1.54) is 11.1 Å². The summed E-state index contributed by atoms with van der Waals surface area (Å²) in [4.78, 5) is 4.80. The minimum Gasteiger partial charge on any atom is -0.252 e. The molecule has 0 N–H and O–H groups in total. The van der Waals surface area contributed by atoms with Crippen molar-refractivity contribution >= 4 is 10.9 Å². The zero-order valence-corrected chi connectivity index (χ0v) is 12.3. The summed E-state index contributed by atoms with van der Waals surface area (Å²) in [7, 11) is 0. The molecule has 0 saturated carbocycles. The molecule has 19 heavy (non-hydrogen) atoms. The largest absolute Gasteiger partial charge is 0.252 e. The summed E-state index contributed by atoms with van der Waals surface area (Å²) in [6.45, 7) is 10.6. The summed E-state index contributed by atoms with van der Waals surface area (Å²) >= 11 is 0. The van der Waals surface area contributed by atoms with E-state index >= 15 is 0 Å². The van der Waals surface area contributed by atoms with Crippen LogP contribution in [0, 0.1) is 25.2 Å². The Morgan fingerprint density at radius 1 is 1.16 bits per heavy atom. The molecule has 98 valence electrons. The summed E-state index contributed by atoms with van der Waals surface area (Å²) in [5.74, 6) is 0. The predicted octanol–water partition coefficient (Wildman–Crippen LogP) is 4.22. The molecule has 2 rings (SSSR count). The fourth-order valence-electron chi connectivity index (χ4n) is 2.46. The van der Waals surface area contributed by atoms with Crippen molar-refractivity contribution < 1.29 is 0 Å². The quantitative estimate of drug-likeness (QED) is 0.762. The van der Waals surface area contributed by atoms with Crippen LogP contribution in [0.2, 0.25) is 0 Å². The Morgan fingerprint density at radius 2 is 1.84 bits per heavy atom. The maximum atomic E-state index is 9.05. The van der Waals surface area contributed by atoms with Crippen molar-refractivity contribution in [2.45, 2.75) is 46.5 Å². The molecule has 0 bridgehead atoms. The van der Waals surface area contributed by atoms with Gasteiger partial charge < -0.3 is 0 Å². The summed E-state index contributed by atoms with van der Waals surface area (Å²) in [5, 5.41) is 10.2. The molecule has 0 fully saturated rings. The van der Waals surface area contributed by atoms with Gasteiger partial charge >= 0.3 is 0 Å². The van der Waals surface area contributed by atoms with E-state index in [-0.39, 0.29) is 5.41 Å². The fourth-order valence-corrected chi connectivity index (χ4v) is 2.46. The van der Waals surface area contributed by atoms with Crippen molar-refractivity contribution in [3.05, 3.63) is 40.6 Å². The van der Waals surface area contributed by atoms with Crippen LogP contribution in [0.4, 0.5) is 0 Å². The molecule has 0 unspecified atom stereocenters. The van der Waals surface area contributed by atoms with Gasteiger partial charge in [0.25, 0.3) is 0 Å². The van der Waals surface area contributed by atoms with Gasteiger partial charge in [-0.25, -0.2) is 0 Å². The van der Waals surface area contributed by atoms with Crippen LogP contribution >= 0.6 is 0 Å². The Labute approximate surface area is 115 Å². The molecule has 0 radical (unpaired) electrons. The second-order valence-corrected chi connectivity index (χ2v) is 6.23. The van der Waals surface area contributed by atoms with Gasteiger partial charge in [-0.3, -0.25) is 4.98 Å². The van der Waals surface area contributed by atoms with Gasteiger partial charge in [0.05, 0.1) is 18.0 Å². The number of rotatable bonds is 1. The number of pyridine rings is 1. The van der Waals surface area contributed by atoms with Crippen LogP contribution in [0.25, 0.3) is 10.9 Å². The predicted molar refractivity (Wildman–Crippen MR) is 79.2 cm³/mol. The average molecular weight is 252 g/mol. The van der Waals surface area contributed by atoms with Gasteiger partial charge in [0, 0.05) is 16.5 Å². The molecule has 1 heterocycles. The van der Waals surface area contributed by atoms with Crippen LogP contribution < -0.4 is 0 Å². The van der Waals surface area contributed by atoms with E-state index in [1.54, 1.807) is 0 Å². The zero-order chi connectivity index (χ0) is 14.2. The minimum atomic E-state index is -0.00392. The van der Waals surface area contributed by atoms with Crippen LogP contribution in [0.5, 0.6) is 0 Å². The third kappa shape index (κ3) is 2.61. The molecule has 0 aliphatic heterocycles. The standard InChI is InChI=1S/C17H20N2/c1-11-8-12(2)16-13(6-7-18)10-15(17(3,4)5)19-14(16)9-11/h8-10H,6H2,1-5H3. The summed E-state index contributed by atoms with van der Waals surface area (Å²) in [5.41, 5.74) is 5.57. The topological polar surface area (TPSA) is 36.7 Å².